The summed E-state index contributed by atoms with van der Waals surface area (Å²) in [6, 6.07) is 7.85. The number of nitrogens with one attached hydrogen (secondary N) is 1. The number of nitrogens with zero attached hydrogens (tertiary/aromatic N) is 2. The summed E-state index contributed by atoms with van der Waals surface area (Å²) in [6.07, 6.45) is 7.25. The molecule has 0 radical (unpaired) electrons. The van der Waals surface area contributed by atoms with Gasteiger partial charge in [0, 0.05) is 12.6 Å². The first-order chi connectivity index (χ1) is 16.4. The van der Waals surface area contributed by atoms with E-state index in [2.05, 4.69) is 10.3 Å². The molecule has 4 saturated carbocycles. The molecule has 1 atom stereocenters. The van der Waals surface area contributed by atoms with Gasteiger partial charge in [-0.3, -0.25) is 0 Å². The number of alkyl carbamates (subject to hydrolysis) is 1. The molecule has 4 fully saturated rings. The van der Waals surface area contributed by atoms with Gasteiger partial charge in [-0.2, -0.15) is 0 Å². The lowest BCUT2D eigenvalue weighted by Crippen LogP contribution is -2.50. The summed E-state index contributed by atoms with van der Waals surface area (Å²) in [5.74, 6) is 1.26. The molecule has 34 heavy (non-hydrogen) atoms. The highest BCUT2D eigenvalue weighted by Crippen LogP contribution is 2.54. The number of benzene rings is 1. The van der Waals surface area contributed by atoms with Crippen LogP contribution in [0.2, 0.25) is 0 Å². The summed E-state index contributed by atoms with van der Waals surface area (Å²) in [5, 5.41) is 11.9. The van der Waals surface area contributed by atoms with E-state index in [1.54, 1.807) is 12.1 Å². The van der Waals surface area contributed by atoms with Gasteiger partial charge >= 0.3 is 18.2 Å². The Morgan fingerprint density at radius 2 is 1.74 bits per heavy atom. The fourth-order valence-electron chi connectivity index (χ4n) is 6.13. The van der Waals surface area contributed by atoms with Crippen LogP contribution in [-0.4, -0.2) is 45.0 Å². The summed E-state index contributed by atoms with van der Waals surface area (Å²) >= 11 is 0. The number of aromatic nitrogens is 2. The highest BCUT2D eigenvalue weighted by atomic mass is 16.6. The second-order valence-corrected chi connectivity index (χ2v) is 9.85. The first-order valence-corrected chi connectivity index (χ1v) is 11.9. The number of rotatable bonds is 7. The van der Waals surface area contributed by atoms with Gasteiger partial charge in [0.2, 0.25) is 0 Å². The summed E-state index contributed by atoms with van der Waals surface area (Å²) in [5.41, 5.74) is 1.15. The van der Waals surface area contributed by atoms with Crippen molar-refractivity contribution in [3.8, 4) is 0 Å². The molecule has 180 valence electrons. The zero-order valence-electron chi connectivity index (χ0n) is 18.8. The average molecular weight is 468 g/mol. The Hall–Kier alpha value is -3.36. The Bertz CT molecular complexity index is 1020. The highest BCUT2D eigenvalue weighted by molar-refractivity contribution is 5.80. The molecule has 1 amide bonds. The summed E-state index contributed by atoms with van der Waals surface area (Å²) in [7, 11) is 0. The molecule has 4 bridgehead atoms. The topological polar surface area (TPSA) is 120 Å². The van der Waals surface area contributed by atoms with Crippen LogP contribution >= 0.6 is 0 Å². The molecule has 0 saturated heterocycles. The van der Waals surface area contributed by atoms with Crippen molar-refractivity contribution in [2.45, 2.75) is 57.3 Å². The van der Waals surface area contributed by atoms with Gasteiger partial charge in [-0.15, -0.1) is 0 Å². The van der Waals surface area contributed by atoms with Gasteiger partial charge in [0.15, 0.2) is 0 Å². The molecule has 4 aliphatic carbocycles. The van der Waals surface area contributed by atoms with Crippen LogP contribution in [0, 0.1) is 23.7 Å². The third kappa shape index (κ3) is 4.93. The molecule has 6 rings (SSSR count). The fourth-order valence-corrected chi connectivity index (χ4v) is 6.13. The van der Waals surface area contributed by atoms with Crippen LogP contribution < -0.4 is 5.32 Å². The van der Waals surface area contributed by atoms with Crippen LogP contribution in [0.1, 0.15) is 43.4 Å². The van der Waals surface area contributed by atoms with Crippen LogP contribution in [-0.2, 0) is 27.3 Å². The highest BCUT2D eigenvalue weighted by Gasteiger charge is 2.50. The standard InChI is InChI=1S/C25H29N3O6/c29-23(30)21(27-24(31)33-13-15-4-2-1-3-5-15)11-20-12-28(14-26-20)25(32)34-22-18-7-16-6-17(9-18)10-19(22)8-16/h1-5,12,14,16-19,21-22H,6-11,13H2,(H,27,31)(H,29,30)/t16?,17?,18?,19?,21-,22?/m1/s1. The first kappa shape index (κ1) is 22.4. The Balaban J connectivity index is 1.15. The minimum Gasteiger partial charge on any atom is -0.480 e. The molecule has 1 aromatic heterocycles. The SMILES string of the molecule is O=C(N[C@H](Cc1cn(C(=O)OC2C3CC4CC(C3)CC2C4)cn1)C(=O)O)OCc1ccccc1. The number of aliphatic carboxylic acids is 1. The van der Waals surface area contributed by atoms with Crippen LogP contribution in [0.3, 0.4) is 0 Å². The molecule has 0 aliphatic heterocycles. The molecular formula is C25H29N3O6. The van der Waals surface area contributed by atoms with Crippen molar-refractivity contribution in [1.29, 1.82) is 0 Å². The quantitative estimate of drug-likeness (QED) is 0.638. The van der Waals surface area contributed by atoms with Crippen molar-refractivity contribution in [3.63, 3.8) is 0 Å². The fraction of sp³-hybridized carbons (Fsp3) is 0.520. The second-order valence-electron chi connectivity index (χ2n) is 9.85. The molecule has 2 aromatic rings. The van der Waals surface area contributed by atoms with E-state index in [0.29, 0.717) is 17.5 Å². The average Bonchev–Trinajstić information content (AvgIpc) is 3.28. The molecule has 0 unspecified atom stereocenters. The molecule has 4 aliphatic rings. The number of imidazole rings is 1. The van der Waals surface area contributed by atoms with E-state index in [1.165, 1.54) is 23.5 Å². The smallest absolute Gasteiger partial charge is 0.419 e. The van der Waals surface area contributed by atoms with Crippen molar-refractivity contribution in [2.24, 2.45) is 23.7 Å². The number of hydrogen-bond acceptors (Lipinski definition) is 6. The minimum atomic E-state index is -1.24. The van der Waals surface area contributed by atoms with Gasteiger partial charge < -0.3 is 19.9 Å². The number of ether oxygens (including phenoxy) is 2. The lowest BCUT2D eigenvalue weighted by Gasteiger charge is -2.53. The van der Waals surface area contributed by atoms with Crippen molar-refractivity contribution in [1.82, 2.24) is 14.9 Å². The number of hydrogen-bond donors (Lipinski definition) is 2. The molecule has 9 heteroatoms. The maximum Gasteiger partial charge on any atom is 0.419 e. The molecule has 1 aromatic carbocycles. The lowest BCUT2D eigenvalue weighted by molar-refractivity contribution is -0.139. The molecule has 2 N–H and O–H groups in total. The molecule has 9 nitrogen and oxygen atoms in total. The van der Waals surface area contributed by atoms with Crippen molar-refractivity contribution < 1.29 is 29.0 Å². The summed E-state index contributed by atoms with van der Waals surface area (Å²) < 4.78 is 12.3. The van der Waals surface area contributed by atoms with Gasteiger partial charge in [0.25, 0.3) is 0 Å². The summed E-state index contributed by atoms with van der Waals surface area (Å²) in [4.78, 5) is 40.7. The van der Waals surface area contributed by atoms with Crippen LogP contribution in [0.15, 0.2) is 42.9 Å². The van der Waals surface area contributed by atoms with E-state index in [1.807, 2.05) is 18.2 Å². The van der Waals surface area contributed by atoms with Crippen LogP contribution in [0.25, 0.3) is 0 Å². The Labute approximate surface area is 197 Å². The number of carbonyl (C=O) groups excluding carboxylic acids is 2. The zero-order valence-corrected chi connectivity index (χ0v) is 18.8. The largest absolute Gasteiger partial charge is 0.480 e. The van der Waals surface area contributed by atoms with Crippen molar-refractivity contribution in [2.75, 3.05) is 0 Å². The van der Waals surface area contributed by atoms with E-state index in [9.17, 15) is 19.5 Å². The number of carboxylic acid groups (broad SMARTS) is 1. The Morgan fingerprint density at radius 3 is 2.38 bits per heavy atom. The number of carbonyl (C=O) groups is 3. The Morgan fingerprint density at radius 1 is 1.06 bits per heavy atom. The maximum absolute atomic E-state index is 12.8. The normalized spacial score (nSPS) is 27.7. The van der Waals surface area contributed by atoms with E-state index in [4.69, 9.17) is 9.47 Å². The molecule has 1 heterocycles. The van der Waals surface area contributed by atoms with Gasteiger partial charge in [-0.25, -0.2) is 23.9 Å². The first-order valence-electron chi connectivity index (χ1n) is 11.9. The Kier molecular flexibility index (Phi) is 6.26. The van der Waals surface area contributed by atoms with Gasteiger partial charge in [0.05, 0.1) is 5.69 Å². The molecule has 0 spiro atoms. The van der Waals surface area contributed by atoms with Crippen LogP contribution in [0.5, 0.6) is 0 Å². The van der Waals surface area contributed by atoms with E-state index >= 15 is 0 Å². The zero-order chi connectivity index (χ0) is 23.7. The number of amides is 1. The predicted molar refractivity (Wildman–Crippen MR) is 120 cm³/mol. The van der Waals surface area contributed by atoms with Crippen molar-refractivity contribution >= 4 is 18.2 Å². The van der Waals surface area contributed by atoms with E-state index < -0.39 is 24.2 Å². The van der Waals surface area contributed by atoms with Gasteiger partial charge in [0.1, 0.15) is 25.1 Å². The van der Waals surface area contributed by atoms with E-state index in [0.717, 1.165) is 43.1 Å². The van der Waals surface area contributed by atoms with E-state index in [-0.39, 0.29) is 19.1 Å². The monoisotopic (exact) mass is 467 g/mol. The lowest BCUT2D eigenvalue weighted by atomic mass is 9.55. The maximum atomic E-state index is 12.8. The van der Waals surface area contributed by atoms with Crippen molar-refractivity contribution in [3.05, 3.63) is 54.1 Å². The van der Waals surface area contributed by atoms with Gasteiger partial charge in [-0.05, 0) is 61.3 Å². The third-order valence-electron chi connectivity index (χ3n) is 7.44. The predicted octanol–water partition coefficient (Wildman–Crippen LogP) is 3.61. The summed E-state index contributed by atoms with van der Waals surface area (Å²) in [6.45, 7) is 0.0319. The van der Waals surface area contributed by atoms with Crippen LogP contribution in [0.4, 0.5) is 9.59 Å². The second kappa shape index (κ2) is 9.48. The van der Waals surface area contributed by atoms with Gasteiger partial charge in [-0.1, -0.05) is 30.3 Å². The molecular weight excluding hydrogens is 438 g/mol. The third-order valence-corrected chi connectivity index (χ3v) is 7.44. The number of carboxylic acids is 1. The minimum absolute atomic E-state index is 0.0319.